The van der Waals surface area contributed by atoms with Crippen LogP contribution in [-0.4, -0.2) is 68.5 Å². The van der Waals surface area contributed by atoms with E-state index in [2.05, 4.69) is 31.3 Å². The summed E-state index contributed by atoms with van der Waals surface area (Å²) < 4.78 is 23.4. The monoisotopic (exact) mass is 927 g/mol. The maximum atomic E-state index is 13.0. The standard InChI is InChI=1S/C55H111N2O6P/c1-6-8-10-12-14-16-18-20-22-24-26-27-28-29-31-32-34-36-38-40-42-44-46-48-54(58)53(52-63-64(60,61)62-51-50-57(3,4)5)56-55(59)49-47-45-43-41-39-37-35-33-30-25-23-21-19-17-15-13-11-9-7-2/h25,30,53-54,58H,6-24,26-29,31-52H2,1-5H3,(H-,56,59,60,61)/b30-25-. The topological polar surface area (TPSA) is 108 Å². The summed E-state index contributed by atoms with van der Waals surface area (Å²) in [4.78, 5) is 25.5. The zero-order valence-electron chi connectivity index (χ0n) is 43.5. The highest BCUT2D eigenvalue weighted by atomic mass is 31.2. The van der Waals surface area contributed by atoms with Gasteiger partial charge in [0.15, 0.2) is 0 Å². The molecule has 0 saturated carbocycles. The number of phosphoric acid groups is 1. The minimum absolute atomic E-state index is 0.0137. The van der Waals surface area contributed by atoms with Gasteiger partial charge < -0.3 is 28.8 Å². The summed E-state index contributed by atoms with van der Waals surface area (Å²) in [5, 5.41) is 14.0. The van der Waals surface area contributed by atoms with Gasteiger partial charge in [-0.1, -0.05) is 251 Å². The number of carbonyl (C=O) groups is 1. The first-order valence-corrected chi connectivity index (χ1v) is 29.5. The molecule has 1 amide bonds. The Morgan fingerprint density at radius 1 is 0.531 bits per heavy atom. The van der Waals surface area contributed by atoms with Crippen LogP contribution in [0.3, 0.4) is 0 Å². The molecule has 382 valence electrons. The lowest BCUT2D eigenvalue weighted by atomic mass is 10.0. The lowest BCUT2D eigenvalue weighted by Gasteiger charge is -2.30. The molecule has 9 heteroatoms. The molecular formula is C55H111N2O6P. The minimum atomic E-state index is -4.57. The quantitative estimate of drug-likeness (QED) is 0.0272. The summed E-state index contributed by atoms with van der Waals surface area (Å²) >= 11 is 0. The first kappa shape index (κ1) is 63.2. The van der Waals surface area contributed by atoms with Gasteiger partial charge in [0.25, 0.3) is 7.82 Å². The van der Waals surface area contributed by atoms with Gasteiger partial charge in [-0.05, 0) is 38.5 Å². The second kappa shape index (κ2) is 47.3. The molecule has 0 saturated heterocycles. The van der Waals surface area contributed by atoms with Gasteiger partial charge in [0.1, 0.15) is 13.2 Å². The highest BCUT2D eigenvalue weighted by molar-refractivity contribution is 7.45. The predicted octanol–water partition coefficient (Wildman–Crippen LogP) is 16.0. The molecule has 3 unspecified atom stereocenters. The normalized spacial score (nSPS) is 14.0. The number of nitrogens with zero attached hydrogens (tertiary/aromatic N) is 1. The molecule has 0 aromatic carbocycles. The van der Waals surface area contributed by atoms with E-state index in [0.29, 0.717) is 23.9 Å². The number of carbonyl (C=O) groups excluding carboxylic acids is 1. The Morgan fingerprint density at radius 2 is 0.859 bits per heavy atom. The number of allylic oxidation sites excluding steroid dienone is 2. The molecule has 0 aliphatic carbocycles. The average molecular weight is 927 g/mol. The van der Waals surface area contributed by atoms with Crippen LogP contribution in [0.15, 0.2) is 12.2 Å². The van der Waals surface area contributed by atoms with E-state index in [0.717, 1.165) is 38.5 Å². The largest absolute Gasteiger partial charge is 0.756 e. The minimum Gasteiger partial charge on any atom is -0.756 e. The van der Waals surface area contributed by atoms with Gasteiger partial charge in [-0.15, -0.1) is 0 Å². The summed E-state index contributed by atoms with van der Waals surface area (Å²) in [5.41, 5.74) is 0. The van der Waals surface area contributed by atoms with Gasteiger partial charge in [-0.2, -0.15) is 0 Å². The van der Waals surface area contributed by atoms with Crippen LogP contribution in [0.2, 0.25) is 0 Å². The van der Waals surface area contributed by atoms with Crippen molar-refractivity contribution >= 4 is 13.7 Å². The van der Waals surface area contributed by atoms with Crippen molar-refractivity contribution in [2.24, 2.45) is 0 Å². The molecular weight excluding hydrogens is 816 g/mol. The van der Waals surface area contributed by atoms with Gasteiger partial charge in [0.05, 0.1) is 39.9 Å². The van der Waals surface area contributed by atoms with E-state index in [1.165, 1.54) is 218 Å². The third-order valence-corrected chi connectivity index (χ3v) is 14.0. The summed E-state index contributed by atoms with van der Waals surface area (Å²) in [7, 11) is 1.31. The fraction of sp³-hybridized carbons (Fsp3) is 0.945. The fourth-order valence-corrected chi connectivity index (χ4v) is 9.29. The molecule has 0 heterocycles. The maximum absolute atomic E-state index is 13.0. The van der Waals surface area contributed by atoms with Crippen LogP contribution in [0, 0.1) is 0 Å². The number of nitrogens with one attached hydrogen (secondary N) is 1. The molecule has 0 bridgehead atoms. The molecule has 0 aliphatic heterocycles. The number of hydrogen-bond donors (Lipinski definition) is 2. The average Bonchev–Trinajstić information content (AvgIpc) is 3.25. The molecule has 64 heavy (non-hydrogen) atoms. The molecule has 0 aromatic rings. The van der Waals surface area contributed by atoms with Gasteiger partial charge in [0.2, 0.25) is 5.91 Å². The molecule has 0 aromatic heterocycles. The smallest absolute Gasteiger partial charge is 0.268 e. The highest BCUT2D eigenvalue weighted by Crippen LogP contribution is 2.38. The van der Waals surface area contributed by atoms with Crippen LogP contribution in [0.5, 0.6) is 0 Å². The van der Waals surface area contributed by atoms with Crippen molar-refractivity contribution in [1.29, 1.82) is 0 Å². The predicted molar refractivity (Wildman–Crippen MR) is 275 cm³/mol. The zero-order valence-corrected chi connectivity index (χ0v) is 44.4. The van der Waals surface area contributed by atoms with Crippen molar-refractivity contribution in [3.63, 3.8) is 0 Å². The van der Waals surface area contributed by atoms with Crippen LogP contribution < -0.4 is 10.2 Å². The van der Waals surface area contributed by atoms with E-state index in [1.807, 2.05) is 21.1 Å². The maximum Gasteiger partial charge on any atom is 0.268 e. The van der Waals surface area contributed by atoms with Crippen LogP contribution >= 0.6 is 7.82 Å². The fourth-order valence-electron chi connectivity index (χ4n) is 8.57. The number of quaternary nitrogens is 1. The molecule has 3 atom stereocenters. The number of hydrogen-bond acceptors (Lipinski definition) is 6. The Morgan fingerprint density at radius 3 is 1.22 bits per heavy atom. The number of aliphatic hydroxyl groups is 1. The number of rotatable bonds is 52. The Kier molecular flexibility index (Phi) is 46.8. The Bertz CT molecular complexity index is 1050. The van der Waals surface area contributed by atoms with Crippen LogP contribution in [0.25, 0.3) is 0 Å². The number of aliphatic hydroxyl groups excluding tert-OH is 1. The summed E-state index contributed by atoms with van der Waals surface area (Å²) in [6, 6.07) is -0.800. The van der Waals surface area contributed by atoms with E-state index in [9.17, 15) is 19.4 Å². The third-order valence-electron chi connectivity index (χ3n) is 13.0. The van der Waals surface area contributed by atoms with Crippen LogP contribution in [-0.2, 0) is 18.4 Å². The third kappa shape index (κ3) is 49.2. The molecule has 0 aliphatic rings. The van der Waals surface area contributed by atoms with E-state index in [-0.39, 0.29) is 19.1 Å². The first-order valence-electron chi connectivity index (χ1n) is 28.0. The lowest BCUT2D eigenvalue weighted by molar-refractivity contribution is -0.870. The van der Waals surface area contributed by atoms with E-state index < -0.39 is 20.0 Å². The first-order chi connectivity index (χ1) is 31.0. The lowest BCUT2D eigenvalue weighted by Crippen LogP contribution is -2.46. The van der Waals surface area contributed by atoms with E-state index in [1.54, 1.807) is 0 Å². The second-order valence-corrected chi connectivity index (χ2v) is 22.1. The van der Waals surface area contributed by atoms with Crippen molar-refractivity contribution in [2.75, 3.05) is 40.9 Å². The number of likely N-dealkylation sites (N-methyl/N-ethyl adjacent to an activating group) is 1. The van der Waals surface area contributed by atoms with Gasteiger partial charge in [-0.3, -0.25) is 9.36 Å². The van der Waals surface area contributed by atoms with Crippen LogP contribution in [0.1, 0.15) is 284 Å². The molecule has 8 nitrogen and oxygen atoms in total. The van der Waals surface area contributed by atoms with Gasteiger partial charge >= 0.3 is 0 Å². The highest BCUT2D eigenvalue weighted by Gasteiger charge is 2.24. The van der Waals surface area contributed by atoms with Gasteiger partial charge in [-0.25, -0.2) is 0 Å². The molecule has 2 N–H and O–H groups in total. The summed E-state index contributed by atoms with van der Waals surface area (Å²) in [6.07, 6.45) is 56.6. The molecule has 0 rings (SSSR count). The molecule has 0 radical (unpaired) electrons. The summed E-state index contributed by atoms with van der Waals surface area (Å²) in [6.45, 7) is 4.76. The van der Waals surface area contributed by atoms with Crippen molar-refractivity contribution in [3.05, 3.63) is 12.2 Å². The number of phosphoric ester groups is 1. The zero-order chi connectivity index (χ0) is 47.1. The van der Waals surface area contributed by atoms with E-state index >= 15 is 0 Å². The summed E-state index contributed by atoms with van der Waals surface area (Å²) in [5.74, 6) is -0.164. The van der Waals surface area contributed by atoms with Crippen LogP contribution in [0.4, 0.5) is 0 Å². The van der Waals surface area contributed by atoms with Gasteiger partial charge in [0, 0.05) is 6.42 Å². The van der Waals surface area contributed by atoms with Crippen molar-refractivity contribution in [1.82, 2.24) is 5.32 Å². The van der Waals surface area contributed by atoms with E-state index in [4.69, 9.17) is 9.05 Å². The molecule has 0 fully saturated rings. The Balaban J connectivity index is 4.18. The SMILES string of the molecule is CCCCCCCCCC/C=C\CCCCCCCCCC(=O)NC(COP(=O)([O-])OCC[N+](C)(C)C)C(O)CCCCCCCCCCCCCCCCCCCCCCCCC. The Hall–Kier alpha value is -0.760. The van der Waals surface area contributed by atoms with Crippen molar-refractivity contribution in [3.8, 4) is 0 Å². The Labute approximate surface area is 399 Å². The van der Waals surface area contributed by atoms with Crippen molar-refractivity contribution in [2.45, 2.75) is 296 Å². The molecule has 0 spiro atoms. The second-order valence-electron chi connectivity index (χ2n) is 20.6. The number of unbranched alkanes of at least 4 members (excludes halogenated alkanes) is 37. The van der Waals surface area contributed by atoms with Crippen molar-refractivity contribution < 1.29 is 32.9 Å². The number of amides is 1.